The fourth-order valence-electron chi connectivity index (χ4n) is 1.25. The highest BCUT2D eigenvalue weighted by atomic mass is 127. The van der Waals surface area contributed by atoms with Gasteiger partial charge in [-0.25, -0.2) is 4.39 Å². The van der Waals surface area contributed by atoms with E-state index >= 15 is 0 Å². The molecule has 0 bridgehead atoms. The van der Waals surface area contributed by atoms with E-state index in [9.17, 15) is 9.50 Å². The molecule has 1 N–H and O–H groups in total. The third-order valence-corrected chi connectivity index (χ3v) is 3.77. The molecule has 0 amide bonds. The Bertz CT molecular complexity index is 280. The van der Waals surface area contributed by atoms with E-state index in [-0.39, 0.29) is 5.82 Å². The fraction of sp³-hybridized carbons (Fsp3) is 0.455. The first-order valence-corrected chi connectivity index (χ1v) is 6.15. The molecule has 78 valence electrons. The minimum atomic E-state index is -0.654. The van der Waals surface area contributed by atoms with Gasteiger partial charge in [0.1, 0.15) is 5.82 Å². The zero-order chi connectivity index (χ0) is 10.6. The summed E-state index contributed by atoms with van der Waals surface area (Å²) in [6.45, 7) is 1.96. The second-order valence-electron chi connectivity index (χ2n) is 3.51. The third kappa shape index (κ3) is 3.20. The molecule has 1 unspecified atom stereocenters. The molecule has 0 spiro atoms. The smallest absolute Gasteiger partial charge is 0.123 e. The lowest BCUT2D eigenvalue weighted by Gasteiger charge is -2.24. The largest absolute Gasteiger partial charge is 0.389 e. The molecule has 0 saturated heterocycles. The second-order valence-corrected chi connectivity index (χ2v) is 4.28. The maximum absolute atomic E-state index is 12.6. The van der Waals surface area contributed by atoms with Crippen molar-refractivity contribution in [1.82, 2.24) is 0 Å². The topological polar surface area (TPSA) is 20.2 Å². The van der Waals surface area contributed by atoms with Crippen LogP contribution in [0.1, 0.15) is 18.9 Å². The molecule has 0 saturated carbocycles. The molecule has 0 heterocycles. The van der Waals surface area contributed by atoms with Crippen LogP contribution in [0.5, 0.6) is 0 Å². The van der Waals surface area contributed by atoms with E-state index in [0.717, 1.165) is 5.56 Å². The van der Waals surface area contributed by atoms with Gasteiger partial charge in [0.15, 0.2) is 0 Å². The van der Waals surface area contributed by atoms with Gasteiger partial charge in [0, 0.05) is 10.8 Å². The number of hydrogen-bond acceptors (Lipinski definition) is 1. The lowest BCUT2D eigenvalue weighted by Crippen LogP contribution is -2.32. The van der Waals surface area contributed by atoms with Crippen LogP contribution in [-0.4, -0.2) is 15.1 Å². The van der Waals surface area contributed by atoms with E-state index in [2.05, 4.69) is 22.6 Å². The number of alkyl halides is 1. The predicted octanol–water partition coefficient (Wildman–Crippen LogP) is 2.94. The average molecular weight is 308 g/mol. The Hall–Kier alpha value is -0.160. The summed E-state index contributed by atoms with van der Waals surface area (Å²) in [5, 5.41) is 10.1. The normalized spacial score (nSPS) is 15.1. The SMILES string of the molecule is CCC(O)(CI)Cc1ccc(F)cc1. The molecular formula is C11H14FIO. The monoisotopic (exact) mass is 308 g/mol. The minimum Gasteiger partial charge on any atom is -0.389 e. The van der Waals surface area contributed by atoms with E-state index < -0.39 is 5.60 Å². The van der Waals surface area contributed by atoms with Crippen LogP contribution in [0.15, 0.2) is 24.3 Å². The maximum atomic E-state index is 12.6. The van der Waals surface area contributed by atoms with Crippen molar-refractivity contribution in [3.8, 4) is 0 Å². The van der Waals surface area contributed by atoms with Gasteiger partial charge in [0.25, 0.3) is 0 Å². The number of benzene rings is 1. The summed E-state index contributed by atoms with van der Waals surface area (Å²) in [6, 6.07) is 6.31. The Morgan fingerprint density at radius 3 is 2.36 bits per heavy atom. The van der Waals surface area contributed by atoms with Gasteiger partial charge in [-0.2, -0.15) is 0 Å². The van der Waals surface area contributed by atoms with Gasteiger partial charge in [0.2, 0.25) is 0 Å². The van der Waals surface area contributed by atoms with Crippen LogP contribution in [0, 0.1) is 5.82 Å². The molecule has 1 aromatic rings. The van der Waals surface area contributed by atoms with Gasteiger partial charge in [0.05, 0.1) is 5.60 Å². The fourth-order valence-corrected chi connectivity index (χ4v) is 2.06. The van der Waals surface area contributed by atoms with Crippen LogP contribution in [0.4, 0.5) is 4.39 Å². The Balaban J connectivity index is 2.72. The van der Waals surface area contributed by atoms with E-state index in [0.29, 0.717) is 17.3 Å². The van der Waals surface area contributed by atoms with Crippen LogP contribution in [0.3, 0.4) is 0 Å². The van der Waals surface area contributed by atoms with Gasteiger partial charge >= 0.3 is 0 Å². The Labute approximate surface area is 97.5 Å². The summed E-state index contributed by atoms with van der Waals surface area (Å²) in [4.78, 5) is 0. The predicted molar refractivity (Wildman–Crippen MR) is 64.2 cm³/mol. The molecule has 1 nitrogen and oxygen atoms in total. The highest BCUT2D eigenvalue weighted by Crippen LogP contribution is 2.20. The van der Waals surface area contributed by atoms with Crippen molar-refractivity contribution in [3.63, 3.8) is 0 Å². The molecule has 3 heteroatoms. The van der Waals surface area contributed by atoms with E-state index in [1.54, 1.807) is 12.1 Å². The first-order valence-electron chi connectivity index (χ1n) is 4.62. The molecule has 0 fully saturated rings. The van der Waals surface area contributed by atoms with E-state index in [1.807, 2.05) is 6.92 Å². The Morgan fingerprint density at radius 1 is 1.36 bits per heavy atom. The third-order valence-electron chi connectivity index (χ3n) is 2.35. The van der Waals surface area contributed by atoms with Crippen LogP contribution in [-0.2, 0) is 6.42 Å². The first-order chi connectivity index (χ1) is 6.59. The summed E-state index contributed by atoms with van der Waals surface area (Å²) in [6.07, 6.45) is 1.31. The van der Waals surface area contributed by atoms with Crippen molar-refractivity contribution in [2.24, 2.45) is 0 Å². The number of rotatable bonds is 4. The highest BCUT2D eigenvalue weighted by Gasteiger charge is 2.23. The molecule has 1 rings (SSSR count). The lowest BCUT2D eigenvalue weighted by atomic mass is 9.94. The summed E-state index contributed by atoms with van der Waals surface area (Å²) in [7, 11) is 0. The van der Waals surface area contributed by atoms with Crippen LogP contribution >= 0.6 is 22.6 Å². The van der Waals surface area contributed by atoms with Gasteiger partial charge < -0.3 is 5.11 Å². The Morgan fingerprint density at radius 2 is 1.93 bits per heavy atom. The van der Waals surface area contributed by atoms with Gasteiger partial charge in [-0.3, -0.25) is 0 Å². The van der Waals surface area contributed by atoms with Gasteiger partial charge in [-0.05, 0) is 24.1 Å². The van der Waals surface area contributed by atoms with Gasteiger partial charge in [-0.15, -0.1) is 0 Å². The summed E-state index contributed by atoms with van der Waals surface area (Å²) >= 11 is 2.18. The van der Waals surface area contributed by atoms with Crippen LogP contribution in [0.25, 0.3) is 0 Å². The second kappa shape index (κ2) is 5.07. The quantitative estimate of drug-likeness (QED) is 0.670. The number of aliphatic hydroxyl groups is 1. The molecule has 0 aliphatic rings. The van der Waals surface area contributed by atoms with Crippen molar-refractivity contribution in [2.45, 2.75) is 25.4 Å². The zero-order valence-electron chi connectivity index (χ0n) is 8.13. The zero-order valence-corrected chi connectivity index (χ0v) is 10.3. The lowest BCUT2D eigenvalue weighted by molar-refractivity contribution is 0.0646. The molecule has 0 aliphatic carbocycles. The molecule has 0 radical (unpaired) electrons. The number of halogens is 2. The Kier molecular flexibility index (Phi) is 4.31. The molecule has 0 aromatic heterocycles. The van der Waals surface area contributed by atoms with Crippen LogP contribution < -0.4 is 0 Å². The summed E-state index contributed by atoms with van der Waals surface area (Å²) < 4.78 is 13.3. The van der Waals surface area contributed by atoms with Crippen molar-refractivity contribution < 1.29 is 9.50 Å². The maximum Gasteiger partial charge on any atom is 0.123 e. The van der Waals surface area contributed by atoms with Crippen LogP contribution in [0.2, 0.25) is 0 Å². The first kappa shape index (κ1) is 11.9. The van der Waals surface area contributed by atoms with E-state index in [1.165, 1.54) is 12.1 Å². The standard InChI is InChI=1S/C11H14FIO/c1-2-11(14,8-13)7-9-3-5-10(12)6-4-9/h3-6,14H,2,7-8H2,1H3. The molecular weight excluding hydrogens is 294 g/mol. The average Bonchev–Trinajstić information content (AvgIpc) is 2.21. The van der Waals surface area contributed by atoms with Crippen molar-refractivity contribution in [3.05, 3.63) is 35.6 Å². The van der Waals surface area contributed by atoms with Crippen molar-refractivity contribution in [1.29, 1.82) is 0 Å². The van der Waals surface area contributed by atoms with Crippen molar-refractivity contribution in [2.75, 3.05) is 4.43 Å². The highest BCUT2D eigenvalue weighted by molar-refractivity contribution is 14.1. The van der Waals surface area contributed by atoms with Crippen molar-refractivity contribution >= 4 is 22.6 Å². The molecule has 1 aromatic carbocycles. The molecule has 0 aliphatic heterocycles. The van der Waals surface area contributed by atoms with E-state index in [4.69, 9.17) is 0 Å². The summed E-state index contributed by atoms with van der Waals surface area (Å²) in [5.41, 5.74) is 0.325. The van der Waals surface area contributed by atoms with Gasteiger partial charge in [-0.1, -0.05) is 41.6 Å². The summed E-state index contributed by atoms with van der Waals surface area (Å²) in [5.74, 6) is -0.233. The number of hydrogen-bond donors (Lipinski definition) is 1. The molecule has 1 atom stereocenters. The molecule has 14 heavy (non-hydrogen) atoms. The minimum absolute atomic E-state index is 0.233.